The van der Waals surface area contributed by atoms with E-state index in [4.69, 9.17) is 0 Å². The van der Waals surface area contributed by atoms with E-state index in [2.05, 4.69) is 9.72 Å². The molecule has 0 aliphatic heterocycles. The lowest BCUT2D eigenvalue weighted by Gasteiger charge is -2.00. The summed E-state index contributed by atoms with van der Waals surface area (Å²) in [6.07, 6.45) is 1.02. The average Bonchev–Trinajstić information content (AvgIpc) is 2.18. The van der Waals surface area contributed by atoms with E-state index in [9.17, 15) is 9.90 Å². The van der Waals surface area contributed by atoms with E-state index < -0.39 is 5.97 Å². The van der Waals surface area contributed by atoms with Crippen molar-refractivity contribution in [3.05, 3.63) is 35.7 Å². The van der Waals surface area contributed by atoms with Crippen molar-refractivity contribution in [2.75, 3.05) is 6.61 Å². The number of aliphatic hydroxyl groups excluding tert-OH is 1. The highest BCUT2D eigenvalue weighted by Crippen LogP contribution is 2.08. The van der Waals surface area contributed by atoms with Gasteiger partial charge in [-0.05, 0) is 26.0 Å². The molecule has 0 bridgehead atoms. The average molecular weight is 207 g/mol. The van der Waals surface area contributed by atoms with Crippen LogP contribution in [-0.4, -0.2) is 22.7 Å². The molecule has 80 valence electrons. The fraction of sp³-hybridized carbons (Fsp3) is 0.273. The second-order valence-corrected chi connectivity index (χ2v) is 2.95. The summed E-state index contributed by atoms with van der Waals surface area (Å²) in [5, 5.41) is 9.54. The van der Waals surface area contributed by atoms with Crippen molar-refractivity contribution in [1.82, 2.24) is 4.98 Å². The van der Waals surface area contributed by atoms with E-state index in [-0.39, 0.29) is 12.4 Å². The second kappa shape index (κ2) is 5.14. The monoisotopic (exact) mass is 207 g/mol. The van der Waals surface area contributed by atoms with Gasteiger partial charge in [0, 0.05) is 5.69 Å². The maximum Gasteiger partial charge on any atom is 0.334 e. The summed E-state index contributed by atoms with van der Waals surface area (Å²) in [5.41, 5.74) is 1.14. The zero-order valence-electron chi connectivity index (χ0n) is 8.73. The van der Waals surface area contributed by atoms with Crippen LogP contribution in [0.4, 0.5) is 0 Å². The predicted octanol–water partition coefficient (Wildman–Crippen LogP) is 1.85. The number of esters is 1. The summed E-state index contributed by atoms with van der Waals surface area (Å²) in [4.78, 5) is 15.1. The Morgan fingerprint density at radius 2 is 2.33 bits per heavy atom. The lowest BCUT2D eigenvalue weighted by atomic mass is 10.2. The van der Waals surface area contributed by atoms with Crippen molar-refractivity contribution < 1.29 is 14.6 Å². The number of rotatable bonds is 3. The normalized spacial score (nSPS) is 11.2. The summed E-state index contributed by atoms with van der Waals surface area (Å²) in [6.45, 7) is 3.79. The van der Waals surface area contributed by atoms with Crippen molar-refractivity contribution in [3.8, 4) is 0 Å². The van der Waals surface area contributed by atoms with Gasteiger partial charge in [-0.3, -0.25) is 0 Å². The highest BCUT2D eigenvalue weighted by molar-refractivity contribution is 5.88. The zero-order valence-corrected chi connectivity index (χ0v) is 8.73. The molecule has 0 spiro atoms. The fourth-order valence-corrected chi connectivity index (χ4v) is 1.06. The summed E-state index contributed by atoms with van der Waals surface area (Å²) in [5.74, 6) is -0.754. The number of carbonyl (C=O) groups excluding carboxylic acids is 1. The maximum absolute atomic E-state index is 11.0. The number of aryl methyl sites for hydroxylation is 1. The van der Waals surface area contributed by atoms with Gasteiger partial charge in [-0.25, -0.2) is 9.78 Å². The van der Waals surface area contributed by atoms with Crippen LogP contribution in [-0.2, 0) is 9.53 Å². The van der Waals surface area contributed by atoms with Crippen LogP contribution in [0.3, 0.4) is 0 Å². The molecule has 0 unspecified atom stereocenters. The molecule has 1 heterocycles. The van der Waals surface area contributed by atoms with E-state index in [0.717, 1.165) is 11.8 Å². The summed E-state index contributed by atoms with van der Waals surface area (Å²) in [6, 6.07) is 5.19. The minimum Gasteiger partial charge on any atom is -0.505 e. The number of aliphatic hydroxyl groups is 1. The smallest absolute Gasteiger partial charge is 0.334 e. The molecule has 0 atom stereocenters. The van der Waals surface area contributed by atoms with Crippen LogP contribution < -0.4 is 0 Å². The van der Waals surface area contributed by atoms with E-state index in [1.165, 1.54) is 0 Å². The molecule has 15 heavy (non-hydrogen) atoms. The topological polar surface area (TPSA) is 59.4 Å². The first-order chi connectivity index (χ1) is 7.13. The molecule has 0 saturated carbocycles. The Bertz CT molecular complexity index is 385. The Balaban J connectivity index is 2.84. The number of ether oxygens (including phenoxy) is 1. The lowest BCUT2D eigenvalue weighted by molar-refractivity contribution is -0.137. The molecule has 0 aliphatic carbocycles. The molecule has 1 aromatic rings. The van der Waals surface area contributed by atoms with Crippen molar-refractivity contribution in [2.45, 2.75) is 13.8 Å². The van der Waals surface area contributed by atoms with Gasteiger partial charge >= 0.3 is 5.97 Å². The van der Waals surface area contributed by atoms with Crippen molar-refractivity contribution in [3.63, 3.8) is 0 Å². The third-order valence-corrected chi connectivity index (χ3v) is 1.69. The summed E-state index contributed by atoms with van der Waals surface area (Å²) in [7, 11) is 0. The zero-order chi connectivity index (χ0) is 11.3. The van der Waals surface area contributed by atoms with Gasteiger partial charge in [0.15, 0.2) is 0 Å². The van der Waals surface area contributed by atoms with Crippen LogP contribution in [0, 0.1) is 6.92 Å². The first-order valence-electron chi connectivity index (χ1n) is 4.65. The number of hydrogen-bond acceptors (Lipinski definition) is 4. The SMILES string of the molecule is CCOC(=O)C=C(O)c1cccc(C)n1. The third-order valence-electron chi connectivity index (χ3n) is 1.69. The van der Waals surface area contributed by atoms with Crippen LogP contribution in [0.25, 0.3) is 5.76 Å². The van der Waals surface area contributed by atoms with Gasteiger partial charge < -0.3 is 9.84 Å². The molecule has 0 saturated heterocycles. The van der Waals surface area contributed by atoms with Crippen molar-refractivity contribution >= 4 is 11.7 Å². The van der Waals surface area contributed by atoms with Crippen LogP contribution >= 0.6 is 0 Å². The summed E-state index contributed by atoms with van der Waals surface area (Å²) < 4.78 is 4.66. The van der Waals surface area contributed by atoms with Crippen LogP contribution in [0.5, 0.6) is 0 Å². The Labute approximate surface area is 88.2 Å². The molecular formula is C11H13NO3. The highest BCUT2D eigenvalue weighted by Gasteiger charge is 2.04. The lowest BCUT2D eigenvalue weighted by Crippen LogP contribution is -2.01. The van der Waals surface area contributed by atoms with Crippen LogP contribution in [0.1, 0.15) is 18.3 Å². The van der Waals surface area contributed by atoms with Gasteiger partial charge in [0.05, 0.1) is 12.7 Å². The minimum atomic E-state index is -0.571. The standard InChI is InChI=1S/C11H13NO3/c1-3-15-11(14)7-10(13)9-6-4-5-8(2)12-9/h4-7,13H,3H2,1-2H3. The quantitative estimate of drug-likeness (QED) is 0.467. The molecule has 0 aliphatic rings. The third kappa shape index (κ3) is 3.42. The van der Waals surface area contributed by atoms with E-state index >= 15 is 0 Å². The molecule has 1 rings (SSSR count). The van der Waals surface area contributed by atoms with Gasteiger partial charge in [0.25, 0.3) is 0 Å². The van der Waals surface area contributed by atoms with Crippen LogP contribution in [0.15, 0.2) is 24.3 Å². The fourth-order valence-electron chi connectivity index (χ4n) is 1.06. The van der Waals surface area contributed by atoms with Gasteiger partial charge in [0.1, 0.15) is 11.5 Å². The molecule has 0 fully saturated rings. The Hall–Kier alpha value is -1.84. The van der Waals surface area contributed by atoms with Crippen molar-refractivity contribution in [1.29, 1.82) is 0 Å². The molecule has 0 amide bonds. The van der Waals surface area contributed by atoms with Gasteiger partial charge in [-0.15, -0.1) is 0 Å². The highest BCUT2D eigenvalue weighted by atomic mass is 16.5. The summed E-state index contributed by atoms with van der Waals surface area (Å²) >= 11 is 0. The van der Waals surface area contributed by atoms with E-state index in [1.54, 1.807) is 32.0 Å². The molecule has 0 radical (unpaired) electrons. The minimum absolute atomic E-state index is 0.183. The molecule has 4 heteroatoms. The van der Waals surface area contributed by atoms with Gasteiger partial charge in [-0.2, -0.15) is 0 Å². The molecular weight excluding hydrogens is 194 g/mol. The first-order valence-corrected chi connectivity index (χ1v) is 4.65. The Kier molecular flexibility index (Phi) is 3.85. The van der Waals surface area contributed by atoms with Crippen LogP contribution in [0.2, 0.25) is 0 Å². The Morgan fingerprint density at radius 3 is 2.93 bits per heavy atom. The molecule has 0 aromatic carbocycles. The molecule has 4 nitrogen and oxygen atoms in total. The Morgan fingerprint density at radius 1 is 1.60 bits per heavy atom. The number of hydrogen-bond donors (Lipinski definition) is 1. The molecule has 1 aromatic heterocycles. The number of aromatic nitrogens is 1. The van der Waals surface area contributed by atoms with Gasteiger partial charge in [-0.1, -0.05) is 6.07 Å². The number of pyridine rings is 1. The number of nitrogens with zero attached hydrogens (tertiary/aromatic N) is 1. The van der Waals surface area contributed by atoms with Crippen molar-refractivity contribution in [2.24, 2.45) is 0 Å². The van der Waals surface area contributed by atoms with E-state index in [0.29, 0.717) is 5.69 Å². The maximum atomic E-state index is 11.0. The molecule has 1 N–H and O–H groups in total. The van der Waals surface area contributed by atoms with Gasteiger partial charge in [0.2, 0.25) is 0 Å². The second-order valence-electron chi connectivity index (χ2n) is 2.95. The van der Waals surface area contributed by atoms with E-state index in [1.807, 2.05) is 0 Å². The largest absolute Gasteiger partial charge is 0.505 e. The number of carbonyl (C=O) groups is 1. The predicted molar refractivity (Wildman–Crippen MR) is 56.2 cm³/mol. The first kappa shape index (κ1) is 11.2.